The molecule has 0 aliphatic rings. The van der Waals surface area contributed by atoms with Crippen LogP contribution in [0.3, 0.4) is 0 Å². The van der Waals surface area contributed by atoms with E-state index in [-0.39, 0.29) is 11.6 Å². The molecule has 104 valence electrons. The molecule has 0 unspecified atom stereocenters. The quantitative estimate of drug-likeness (QED) is 0.659. The van der Waals surface area contributed by atoms with E-state index in [1.54, 1.807) is 6.07 Å². The first kappa shape index (κ1) is 13.7. The Labute approximate surface area is 110 Å². The summed E-state index contributed by atoms with van der Waals surface area (Å²) in [6.45, 7) is 3.27. The molecule has 0 saturated heterocycles. The second-order valence-electron chi connectivity index (χ2n) is 3.76. The predicted molar refractivity (Wildman–Crippen MR) is 66.5 cm³/mol. The Morgan fingerprint density at radius 3 is 2.89 bits per heavy atom. The standard InChI is InChI=1S/C10H15N5O3S/c1-2-11-5-8-3-4-10(18-8)19(16,17)14-6-9-12-7-13-15-9/h3-4,7,11,14H,2,5-6H2,1H3,(H,12,13,15). The minimum absolute atomic E-state index is 0.0333. The van der Waals surface area contributed by atoms with Crippen molar-refractivity contribution in [2.45, 2.75) is 25.1 Å². The molecule has 0 aromatic carbocycles. The zero-order chi connectivity index (χ0) is 13.7. The largest absolute Gasteiger partial charge is 0.447 e. The number of H-pyrrole nitrogens is 1. The summed E-state index contributed by atoms with van der Waals surface area (Å²) in [4.78, 5) is 3.82. The van der Waals surface area contributed by atoms with Crippen LogP contribution in [0.5, 0.6) is 0 Å². The molecule has 2 rings (SSSR count). The maximum atomic E-state index is 11.9. The van der Waals surface area contributed by atoms with Crippen LogP contribution in [-0.2, 0) is 23.1 Å². The van der Waals surface area contributed by atoms with Gasteiger partial charge in [-0.2, -0.15) is 5.10 Å². The summed E-state index contributed by atoms with van der Waals surface area (Å²) in [6, 6.07) is 3.06. The van der Waals surface area contributed by atoms with Crippen LogP contribution in [0.25, 0.3) is 0 Å². The molecule has 9 heteroatoms. The highest BCUT2D eigenvalue weighted by Gasteiger charge is 2.18. The fourth-order valence-corrected chi connectivity index (χ4v) is 2.33. The SMILES string of the molecule is CCNCc1ccc(S(=O)(=O)NCc2ncn[nH]2)o1. The normalized spacial score (nSPS) is 11.8. The molecule has 8 nitrogen and oxygen atoms in total. The molecular formula is C10H15N5O3S. The molecule has 2 aromatic heterocycles. The van der Waals surface area contributed by atoms with Gasteiger partial charge in [0.2, 0.25) is 5.09 Å². The highest BCUT2D eigenvalue weighted by atomic mass is 32.2. The highest BCUT2D eigenvalue weighted by molar-refractivity contribution is 7.89. The van der Waals surface area contributed by atoms with E-state index in [9.17, 15) is 8.42 Å². The van der Waals surface area contributed by atoms with Gasteiger partial charge in [0.05, 0.1) is 13.1 Å². The average molecular weight is 285 g/mol. The molecular weight excluding hydrogens is 270 g/mol. The smallest absolute Gasteiger partial charge is 0.274 e. The Hall–Kier alpha value is -1.71. The van der Waals surface area contributed by atoms with Crippen LogP contribution >= 0.6 is 0 Å². The molecule has 2 aromatic rings. The van der Waals surface area contributed by atoms with Crippen molar-refractivity contribution in [2.75, 3.05) is 6.54 Å². The molecule has 0 atom stereocenters. The van der Waals surface area contributed by atoms with Gasteiger partial charge in [-0.3, -0.25) is 5.10 Å². The zero-order valence-electron chi connectivity index (χ0n) is 10.4. The van der Waals surface area contributed by atoms with Crippen LogP contribution in [0, 0.1) is 0 Å². The van der Waals surface area contributed by atoms with E-state index >= 15 is 0 Å². The average Bonchev–Trinajstić information content (AvgIpc) is 3.05. The topological polar surface area (TPSA) is 113 Å². The molecule has 0 fully saturated rings. The van der Waals surface area contributed by atoms with Gasteiger partial charge in [0.1, 0.15) is 17.9 Å². The molecule has 0 aliphatic carbocycles. The van der Waals surface area contributed by atoms with E-state index in [4.69, 9.17) is 4.42 Å². The number of sulfonamides is 1. The van der Waals surface area contributed by atoms with Crippen molar-refractivity contribution in [3.63, 3.8) is 0 Å². The summed E-state index contributed by atoms with van der Waals surface area (Å²) in [5, 5.41) is 9.14. The van der Waals surface area contributed by atoms with Gasteiger partial charge in [0, 0.05) is 0 Å². The molecule has 2 heterocycles. The van der Waals surface area contributed by atoms with E-state index < -0.39 is 10.0 Å². The van der Waals surface area contributed by atoms with Gasteiger partial charge in [0.25, 0.3) is 10.0 Å². The first-order valence-electron chi connectivity index (χ1n) is 5.75. The van der Waals surface area contributed by atoms with E-state index in [1.807, 2.05) is 6.92 Å². The minimum atomic E-state index is -3.67. The highest BCUT2D eigenvalue weighted by Crippen LogP contribution is 2.13. The van der Waals surface area contributed by atoms with Crippen molar-refractivity contribution in [3.05, 3.63) is 30.0 Å². The Bertz CT molecular complexity index is 605. The van der Waals surface area contributed by atoms with Crippen LogP contribution in [-0.4, -0.2) is 30.1 Å². The van der Waals surface area contributed by atoms with Gasteiger partial charge in [-0.05, 0) is 18.7 Å². The third-order valence-electron chi connectivity index (χ3n) is 2.35. The van der Waals surface area contributed by atoms with Crippen molar-refractivity contribution in [3.8, 4) is 0 Å². The van der Waals surface area contributed by atoms with E-state index in [0.717, 1.165) is 6.54 Å². The summed E-state index contributed by atoms with van der Waals surface area (Å²) in [6.07, 6.45) is 1.31. The lowest BCUT2D eigenvalue weighted by atomic mass is 10.4. The lowest BCUT2D eigenvalue weighted by Gasteiger charge is -2.02. The van der Waals surface area contributed by atoms with Crippen LogP contribution in [0.2, 0.25) is 0 Å². The fraction of sp³-hybridized carbons (Fsp3) is 0.400. The fourth-order valence-electron chi connectivity index (χ4n) is 1.40. The monoisotopic (exact) mass is 285 g/mol. The molecule has 0 spiro atoms. The van der Waals surface area contributed by atoms with Crippen molar-refractivity contribution < 1.29 is 12.8 Å². The number of nitrogens with one attached hydrogen (secondary N) is 3. The van der Waals surface area contributed by atoms with E-state index in [0.29, 0.717) is 18.1 Å². The summed E-state index contributed by atoms with van der Waals surface area (Å²) in [7, 11) is -3.67. The first-order valence-corrected chi connectivity index (χ1v) is 7.23. The summed E-state index contributed by atoms with van der Waals surface area (Å²) in [5.41, 5.74) is 0. The van der Waals surface area contributed by atoms with Crippen molar-refractivity contribution in [1.82, 2.24) is 25.2 Å². The molecule has 0 aliphatic heterocycles. The van der Waals surface area contributed by atoms with E-state index in [2.05, 4.69) is 25.2 Å². The summed E-state index contributed by atoms with van der Waals surface area (Å²) >= 11 is 0. The summed E-state index contributed by atoms with van der Waals surface area (Å²) in [5.74, 6) is 1.00. The Balaban J connectivity index is 2.00. The third-order valence-corrected chi connectivity index (χ3v) is 3.62. The Kier molecular flexibility index (Phi) is 4.30. The van der Waals surface area contributed by atoms with Gasteiger partial charge in [-0.1, -0.05) is 6.92 Å². The third kappa shape index (κ3) is 3.63. The van der Waals surface area contributed by atoms with Gasteiger partial charge in [0.15, 0.2) is 0 Å². The molecule has 0 saturated carbocycles. The second kappa shape index (κ2) is 5.95. The molecule has 0 bridgehead atoms. The number of hydrogen-bond donors (Lipinski definition) is 3. The lowest BCUT2D eigenvalue weighted by Crippen LogP contribution is -2.23. The van der Waals surface area contributed by atoms with Gasteiger partial charge in [-0.15, -0.1) is 0 Å². The van der Waals surface area contributed by atoms with Crippen molar-refractivity contribution in [2.24, 2.45) is 0 Å². The number of furan rings is 1. The molecule has 19 heavy (non-hydrogen) atoms. The second-order valence-corrected chi connectivity index (χ2v) is 5.46. The number of rotatable bonds is 7. The van der Waals surface area contributed by atoms with Crippen molar-refractivity contribution >= 4 is 10.0 Å². The van der Waals surface area contributed by atoms with E-state index in [1.165, 1.54) is 12.4 Å². The molecule has 0 amide bonds. The number of aromatic nitrogens is 3. The zero-order valence-corrected chi connectivity index (χ0v) is 11.2. The van der Waals surface area contributed by atoms with Gasteiger partial charge in [-0.25, -0.2) is 18.1 Å². The Morgan fingerprint density at radius 2 is 2.21 bits per heavy atom. The van der Waals surface area contributed by atoms with Gasteiger partial charge < -0.3 is 9.73 Å². The van der Waals surface area contributed by atoms with Gasteiger partial charge >= 0.3 is 0 Å². The first-order chi connectivity index (χ1) is 9.12. The molecule has 3 N–H and O–H groups in total. The Morgan fingerprint density at radius 1 is 1.37 bits per heavy atom. The van der Waals surface area contributed by atoms with Crippen LogP contribution < -0.4 is 10.0 Å². The number of aromatic amines is 1. The van der Waals surface area contributed by atoms with Crippen LogP contribution in [0.15, 0.2) is 28.0 Å². The molecule has 0 radical (unpaired) electrons. The maximum absolute atomic E-state index is 11.9. The summed E-state index contributed by atoms with van der Waals surface area (Å²) < 4.78 is 31.5. The number of nitrogens with zero attached hydrogens (tertiary/aromatic N) is 2. The van der Waals surface area contributed by atoms with Crippen molar-refractivity contribution in [1.29, 1.82) is 0 Å². The number of hydrogen-bond acceptors (Lipinski definition) is 6. The lowest BCUT2D eigenvalue weighted by molar-refractivity contribution is 0.401. The maximum Gasteiger partial charge on any atom is 0.274 e. The minimum Gasteiger partial charge on any atom is -0.447 e. The van der Waals surface area contributed by atoms with Crippen LogP contribution in [0.1, 0.15) is 18.5 Å². The predicted octanol–water partition coefficient (Wildman–Crippen LogP) is -0.0143. The van der Waals surface area contributed by atoms with Crippen LogP contribution in [0.4, 0.5) is 0 Å².